The molecule has 6 nitrogen and oxygen atoms in total. The van der Waals surface area contributed by atoms with Crippen molar-refractivity contribution in [1.82, 2.24) is 10.2 Å². The number of nitro benzene ring substituents is 1. The minimum absolute atomic E-state index is 0.00819. The molecule has 1 aromatic carbocycles. The van der Waals surface area contributed by atoms with Gasteiger partial charge < -0.3 is 10.2 Å². The second-order valence-electron chi connectivity index (χ2n) is 5.91. The zero-order valence-corrected chi connectivity index (χ0v) is 14.0. The number of hydrogen-bond donors (Lipinski definition) is 1. The van der Waals surface area contributed by atoms with Crippen molar-refractivity contribution in [2.75, 3.05) is 19.6 Å². The SMILES string of the molecule is C[C@H]1CCCCN1CCCNC(=O)c1cc(Cl)ccc1[N+](=O)[O-]. The van der Waals surface area contributed by atoms with Crippen LogP contribution in [0.3, 0.4) is 0 Å². The van der Waals surface area contributed by atoms with Crippen molar-refractivity contribution in [3.8, 4) is 0 Å². The van der Waals surface area contributed by atoms with Crippen molar-refractivity contribution in [1.29, 1.82) is 0 Å². The van der Waals surface area contributed by atoms with Crippen molar-refractivity contribution < 1.29 is 9.72 Å². The summed E-state index contributed by atoms with van der Waals surface area (Å²) in [6.45, 7) is 4.76. The van der Waals surface area contributed by atoms with Crippen LogP contribution in [-0.4, -0.2) is 41.4 Å². The van der Waals surface area contributed by atoms with Crippen LogP contribution in [-0.2, 0) is 0 Å². The Morgan fingerprint density at radius 3 is 2.96 bits per heavy atom. The van der Waals surface area contributed by atoms with Gasteiger partial charge in [0.2, 0.25) is 0 Å². The molecule has 1 heterocycles. The lowest BCUT2D eigenvalue weighted by Crippen LogP contribution is -2.39. The van der Waals surface area contributed by atoms with Crippen LogP contribution in [0.2, 0.25) is 5.02 Å². The van der Waals surface area contributed by atoms with E-state index in [9.17, 15) is 14.9 Å². The van der Waals surface area contributed by atoms with E-state index in [-0.39, 0.29) is 11.3 Å². The molecule has 1 N–H and O–H groups in total. The maximum absolute atomic E-state index is 12.1. The molecule has 0 radical (unpaired) electrons. The van der Waals surface area contributed by atoms with E-state index in [1.54, 1.807) is 0 Å². The van der Waals surface area contributed by atoms with Crippen molar-refractivity contribution in [2.24, 2.45) is 0 Å². The molecule has 0 bridgehead atoms. The predicted octanol–water partition coefficient (Wildman–Crippen LogP) is 3.24. The summed E-state index contributed by atoms with van der Waals surface area (Å²) in [4.78, 5) is 25.0. The standard InChI is InChI=1S/C16H22ClN3O3/c1-12-5-2-3-9-19(12)10-4-8-18-16(21)14-11-13(17)6-7-15(14)20(22)23/h6-7,11-12H,2-5,8-10H2,1H3,(H,18,21)/t12-/m0/s1. The van der Waals surface area contributed by atoms with Crippen LogP contribution in [0.15, 0.2) is 18.2 Å². The first-order valence-electron chi connectivity index (χ1n) is 7.95. The number of benzene rings is 1. The molecule has 0 spiro atoms. The number of halogens is 1. The molecule has 0 unspecified atom stereocenters. The lowest BCUT2D eigenvalue weighted by molar-refractivity contribution is -0.385. The fourth-order valence-electron chi connectivity index (χ4n) is 2.92. The molecule has 23 heavy (non-hydrogen) atoms. The van der Waals surface area contributed by atoms with E-state index < -0.39 is 10.8 Å². The molecule has 2 rings (SSSR count). The Balaban J connectivity index is 1.85. The third kappa shape index (κ3) is 4.91. The van der Waals surface area contributed by atoms with Gasteiger partial charge in [-0.05, 0) is 44.9 Å². The van der Waals surface area contributed by atoms with E-state index in [0.717, 1.165) is 19.5 Å². The molecule has 1 aliphatic rings. The normalized spacial score (nSPS) is 18.6. The Bertz CT molecular complexity index is 580. The molecular formula is C16H22ClN3O3. The van der Waals surface area contributed by atoms with Crippen LogP contribution in [0.25, 0.3) is 0 Å². The highest BCUT2D eigenvalue weighted by Crippen LogP contribution is 2.22. The van der Waals surface area contributed by atoms with Gasteiger partial charge in [0.15, 0.2) is 0 Å². The smallest absolute Gasteiger partial charge is 0.282 e. The third-order valence-corrected chi connectivity index (χ3v) is 4.48. The molecule has 1 saturated heterocycles. The molecular weight excluding hydrogens is 318 g/mol. The Morgan fingerprint density at radius 2 is 2.26 bits per heavy atom. The summed E-state index contributed by atoms with van der Waals surface area (Å²) in [5.74, 6) is -0.453. The van der Waals surface area contributed by atoms with Crippen LogP contribution >= 0.6 is 11.6 Å². The molecule has 126 valence electrons. The van der Waals surface area contributed by atoms with E-state index in [4.69, 9.17) is 11.6 Å². The van der Waals surface area contributed by atoms with Gasteiger partial charge in [-0.1, -0.05) is 18.0 Å². The molecule has 1 amide bonds. The van der Waals surface area contributed by atoms with Crippen LogP contribution < -0.4 is 5.32 Å². The maximum Gasteiger partial charge on any atom is 0.282 e. The van der Waals surface area contributed by atoms with Gasteiger partial charge in [0.1, 0.15) is 5.56 Å². The summed E-state index contributed by atoms with van der Waals surface area (Å²) >= 11 is 5.84. The number of carbonyl (C=O) groups excluding carboxylic acids is 1. The first-order chi connectivity index (χ1) is 11.0. The van der Waals surface area contributed by atoms with Gasteiger partial charge in [0.05, 0.1) is 4.92 Å². The summed E-state index contributed by atoms with van der Waals surface area (Å²) in [5.41, 5.74) is -0.217. The van der Waals surface area contributed by atoms with E-state index in [1.807, 2.05) is 0 Å². The Labute approximate surface area is 141 Å². The van der Waals surface area contributed by atoms with Gasteiger partial charge in [0, 0.05) is 30.2 Å². The van der Waals surface area contributed by atoms with Crippen molar-refractivity contribution >= 4 is 23.2 Å². The van der Waals surface area contributed by atoms with Crippen LogP contribution in [0.1, 0.15) is 43.0 Å². The number of nitro groups is 1. The predicted molar refractivity (Wildman–Crippen MR) is 89.9 cm³/mol. The minimum atomic E-state index is -0.569. The number of amides is 1. The minimum Gasteiger partial charge on any atom is -0.352 e. The van der Waals surface area contributed by atoms with Crippen LogP contribution in [0.4, 0.5) is 5.69 Å². The van der Waals surface area contributed by atoms with Gasteiger partial charge in [-0.15, -0.1) is 0 Å². The number of hydrogen-bond acceptors (Lipinski definition) is 4. The third-order valence-electron chi connectivity index (χ3n) is 4.25. The molecule has 0 saturated carbocycles. The summed E-state index contributed by atoms with van der Waals surface area (Å²) in [6.07, 6.45) is 4.56. The molecule has 1 atom stereocenters. The highest BCUT2D eigenvalue weighted by atomic mass is 35.5. The molecule has 1 fully saturated rings. The average Bonchev–Trinajstić information content (AvgIpc) is 2.52. The monoisotopic (exact) mass is 339 g/mol. The zero-order chi connectivity index (χ0) is 16.8. The molecule has 0 aromatic heterocycles. The largest absolute Gasteiger partial charge is 0.352 e. The second-order valence-corrected chi connectivity index (χ2v) is 6.35. The number of nitrogens with zero attached hydrogens (tertiary/aromatic N) is 2. The van der Waals surface area contributed by atoms with Crippen molar-refractivity contribution in [3.63, 3.8) is 0 Å². The Hall–Kier alpha value is -1.66. The number of carbonyl (C=O) groups is 1. The molecule has 1 aromatic rings. The number of piperidine rings is 1. The topological polar surface area (TPSA) is 75.5 Å². The van der Waals surface area contributed by atoms with Crippen molar-refractivity contribution in [3.05, 3.63) is 38.9 Å². The molecule has 1 aliphatic heterocycles. The lowest BCUT2D eigenvalue weighted by atomic mass is 10.0. The summed E-state index contributed by atoms with van der Waals surface area (Å²) in [7, 11) is 0. The highest BCUT2D eigenvalue weighted by Gasteiger charge is 2.21. The van der Waals surface area contributed by atoms with Gasteiger partial charge in [0.25, 0.3) is 11.6 Å². The maximum atomic E-state index is 12.1. The van der Waals surface area contributed by atoms with Gasteiger partial charge in [-0.3, -0.25) is 14.9 Å². The quantitative estimate of drug-likeness (QED) is 0.490. The fourth-order valence-corrected chi connectivity index (χ4v) is 3.09. The number of likely N-dealkylation sites (tertiary alicyclic amines) is 1. The summed E-state index contributed by atoms with van der Waals surface area (Å²) < 4.78 is 0. The fraction of sp³-hybridized carbons (Fsp3) is 0.562. The average molecular weight is 340 g/mol. The number of rotatable bonds is 6. The molecule has 7 heteroatoms. The Morgan fingerprint density at radius 1 is 1.48 bits per heavy atom. The molecule has 0 aliphatic carbocycles. The van der Waals surface area contributed by atoms with Gasteiger partial charge in [-0.25, -0.2) is 0 Å². The van der Waals surface area contributed by atoms with Gasteiger partial charge >= 0.3 is 0 Å². The first-order valence-corrected chi connectivity index (χ1v) is 8.33. The lowest BCUT2D eigenvalue weighted by Gasteiger charge is -2.33. The van der Waals surface area contributed by atoms with E-state index >= 15 is 0 Å². The van der Waals surface area contributed by atoms with E-state index in [1.165, 1.54) is 37.5 Å². The van der Waals surface area contributed by atoms with Crippen LogP contribution in [0.5, 0.6) is 0 Å². The van der Waals surface area contributed by atoms with E-state index in [0.29, 0.717) is 17.6 Å². The zero-order valence-electron chi connectivity index (χ0n) is 13.3. The summed E-state index contributed by atoms with van der Waals surface area (Å²) in [6, 6.07) is 4.59. The highest BCUT2D eigenvalue weighted by molar-refractivity contribution is 6.31. The van der Waals surface area contributed by atoms with Crippen LogP contribution in [0, 0.1) is 10.1 Å². The second kappa shape index (κ2) is 8.26. The van der Waals surface area contributed by atoms with Gasteiger partial charge in [-0.2, -0.15) is 0 Å². The number of nitrogens with one attached hydrogen (secondary N) is 1. The van der Waals surface area contributed by atoms with Crippen molar-refractivity contribution in [2.45, 2.75) is 38.6 Å². The first kappa shape index (κ1) is 17.7. The Kier molecular flexibility index (Phi) is 6.36. The van der Waals surface area contributed by atoms with E-state index in [2.05, 4.69) is 17.1 Å². The summed E-state index contributed by atoms with van der Waals surface area (Å²) in [5, 5.41) is 14.0.